The molecule has 0 spiro atoms. The number of hydrogen-bond acceptors (Lipinski definition) is 7. The van der Waals surface area contributed by atoms with Gasteiger partial charge in [-0.1, -0.05) is 0 Å². The van der Waals surface area contributed by atoms with Crippen LogP contribution >= 0.6 is 0 Å². The minimum Gasteiger partial charge on any atom is -0.497 e. The Morgan fingerprint density at radius 1 is 1.00 bits per heavy atom. The van der Waals surface area contributed by atoms with Crippen molar-refractivity contribution in [1.82, 2.24) is 19.1 Å². The number of hydrogen-bond donors (Lipinski definition) is 0. The Bertz CT molecular complexity index is 1030. The molecule has 0 saturated carbocycles. The molecule has 0 aliphatic carbocycles. The zero-order valence-electron chi connectivity index (χ0n) is 19.5. The van der Waals surface area contributed by atoms with Crippen molar-refractivity contribution in [2.45, 2.75) is 17.7 Å². The molecule has 184 valence electrons. The second-order valence-electron chi connectivity index (χ2n) is 8.56. The predicted molar refractivity (Wildman–Crippen MR) is 127 cm³/mol. The number of nitrogens with zero attached hydrogens (tertiary/aromatic N) is 4. The highest BCUT2D eigenvalue weighted by Crippen LogP contribution is 2.25. The molecule has 0 N–H and O–H groups in total. The molecule has 9 nitrogen and oxygen atoms in total. The van der Waals surface area contributed by atoms with Crippen LogP contribution in [-0.2, 0) is 14.8 Å². The van der Waals surface area contributed by atoms with Crippen LogP contribution in [0.5, 0.6) is 11.5 Å². The van der Waals surface area contributed by atoms with Crippen LogP contribution in [0.2, 0.25) is 0 Å². The van der Waals surface area contributed by atoms with Gasteiger partial charge in [0.05, 0.1) is 7.11 Å². The molecular formula is C24H32N4O5S. The number of methoxy groups -OCH3 is 1. The van der Waals surface area contributed by atoms with E-state index in [1.54, 1.807) is 25.4 Å². The summed E-state index contributed by atoms with van der Waals surface area (Å²) >= 11 is 0. The molecule has 0 atom stereocenters. The normalized spacial score (nSPS) is 18.6. The standard InChI is InChI=1S/C24H32N4O5S/c1-32-21-4-6-22(7-5-21)33-18-17-26-13-15-27(16-14-26)24(29)20-8-11-28(12-9-20)34(30,31)23-3-2-10-25-19-23/h2-7,10,19-20H,8-9,11-18H2,1H3. The van der Waals surface area contributed by atoms with Gasteiger partial charge >= 0.3 is 0 Å². The van der Waals surface area contributed by atoms with Gasteiger partial charge in [0.2, 0.25) is 15.9 Å². The fourth-order valence-electron chi connectivity index (χ4n) is 4.41. The van der Waals surface area contributed by atoms with Gasteiger partial charge in [-0.3, -0.25) is 14.7 Å². The van der Waals surface area contributed by atoms with E-state index in [4.69, 9.17) is 9.47 Å². The predicted octanol–water partition coefficient (Wildman–Crippen LogP) is 1.71. The molecule has 1 aromatic heterocycles. The topological polar surface area (TPSA) is 92.3 Å². The van der Waals surface area contributed by atoms with E-state index < -0.39 is 10.0 Å². The van der Waals surface area contributed by atoms with Crippen LogP contribution in [0.1, 0.15) is 12.8 Å². The molecule has 0 unspecified atom stereocenters. The first-order valence-electron chi connectivity index (χ1n) is 11.7. The van der Waals surface area contributed by atoms with Crippen LogP contribution in [-0.4, -0.2) is 92.9 Å². The summed E-state index contributed by atoms with van der Waals surface area (Å²) in [5.74, 6) is 1.64. The first kappa shape index (κ1) is 24.4. The van der Waals surface area contributed by atoms with Crippen LogP contribution in [0.4, 0.5) is 0 Å². The molecule has 0 bridgehead atoms. The number of carbonyl (C=O) groups is 1. The Balaban J connectivity index is 1.18. The number of sulfonamides is 1. The van der Waals surface area contributed by atoms with Crippen LogP contribution in [0, 0.1) is 5.92 Å². The van der Waals surface area contributed by atoms with Gasteiger partial charge in [-0.25, -0.2) is 8.42 Å². The first-order valence-corrected chi connectivity index (χ1v) is 13.1. The van der Waals surface area contributed by atoms with Crippen LogP contribution in [0.15, 0.2) is 53.7 Å². The summed E-state index contributed by atoms with van der Waals surface area (Å²) in [5.41, 5.74) is 0. The second-order valence-corrected chi connectivity index (χ2v) is 10.5. The number of aromatic nitrogens is 1. The summed E-state index contributed by atoms with van der Waals surface area (Å²) in [7, 11) is -1.92. The van der Waals surface area contributed by atoms with E-state index in [0.29, 0.717) is 45.6 Å². The number of amides is 1. The molecule has 2 saturated heterocycles. The molecule has 1 aromatic carbocycles. The second kappa shape index (κ2) is 11.2. The van der Waals surface area contributed by atoms with Gasteiger partial charge in [-0.05, 0) is 49.2 Å². The first-order chi connectivity index (χ1) is 16.5. The molecule has 4 rings (SSSR count). The number of benzene rings is 1. The van der Waals surface area contributed by atoms with Gasteiger partial charge in [0.25, 0.3) is 0 Å². The third kappa shape index (κ3) is 5.86. The largest absolute Gasteiger partial charge is 0.497 e. The third-order valence-electron chi connectivity index (χ3n) is 6.49. The van der Waals surface area contributed by atoms with Crippen molar-refractivity contribution < 1.29 is 22.7 Å². The maximum Gasteiger partial charge on any atom is 0.244 e. The highest BCUT2D eigenvalue weighted by atomic mass is 32.2. The van der Waals surface area contributed by atoms with E-state index in [0.717, 1.165) is 31.1 Å². The zero-order chi connectivity index (χ0) is 24.0. The summed E-state index contributed by atoms with van der Waals surface area (Å²) in [4.78, 5) is 21.4. The van der Waals surface area contributed by atoms with Crippen molar-refractivity contribution in [2.75, 3.05) is 59.5 Å². The summed E-state index contributed by atoms with van der Waals surface area (Å²) < 4.78 is 38.0. The van der Waals surface area contributed by atoms with Gasteiger partial charge in [-0.15, -0.1) is 0 Å². The maximum absolute atomic E-state index is 13.0. The number of carbonyl (C=O) groups excluding carboxylic acids is 1. The number of rotatable bonds is 8. The SMILES string of the molecule is COc1ccc(OCCN2CCN(C(=O)C3CCN(S(=O)(=O)c4cccnc4)CC3)CC2)cc1. The number of piperazine rings is 1. The monoisotopic (exact) mass is 488 g/mol. The van der Waals surface area contributed by atoms with Crippen LogP contribution in [0.25, 0.3) is 0 Å². The van der Waals surface area contributed by atoms with Crippen molar-refractivity contribution in [3.8, 4) is 11.5 Å². The lowest BCUT2D eigenvalue weighted by Crippen LogP contribution is -2.52. The van der Waals surface area contributed by atoms with Crippen LogP contribution < -0.4 is 9.47 Å². The average molecular weight is 489 g/mol. The van der Waals surface area contributed by atoms with Crippen molar-refractivity contribution >= 4 is 15.9 Å². The Morgan fingerprint density at radius 3 is 2.29 bits per heavy atom. The summed E-state index contributed by atoms with van der Waals surface area (Å²) in [6.45, 7) is 5.11. The van der Waals surface area contributed by atoms with Crippen molar-refractivity contribution in [3.05, 3.63) is 48.8 Å². The Hall–Kier alpha value is -2.69. The van der Waals surface area contributed by atoms with Gasteiger partial charge in [0, 0.05) is 64.1 Å². The summed E-state index contributed by atoms with van der Waals surface area (Å²) in [6, 6.07) is 10.7. The van der Waals surface area contributed by atoms with Gasteiger partial charge in [0.1, 0.15) is 23.0 Å². The van der Waals surface area contributed by atoms with E-state index in [1.807, 2.05) is 29.2 Å². The molecule has 2 aliphatic heterocycles. The lowest BCUT2D eigenvalue weighted by molar-refractivity contribution is -0.138. The van der Waals surface area contributed by atoms with Crippen molar-refractivity contribution in [1.29, 1.82) is 0 Å². The maximum atomic E-state index is 13.0. The van der Waals surface area contributed by atoms with Crippen molar-refractivity contribution in [3.63, 3.8) is 0 Å². The van der Waals surface area contributed by atoms with Crippen LogP contribution in [0.3, 0.4) is 0 Å². The molecule has 0 radical (unpaired) electrons. The average Bonchev–Trinajstić information content (AvgIpc) is 2.89. The molecule has 10 heteroatoms. The molecule has 3 heterocycles. The lowest BCUT2D eigenvalue weighted by atomic mass is 9.96. The van der Waals surface area contributed by atoms with E-state index in [2.05, 4.69) is 9.88 Å². The molecule has 2 aliphatic rings. The highest BCUT2D eigenvalue weighted by Gasteiger charge is 2.34. The van der Waals surface area contributed by atoms with Gasteiger partial charge < -0.3 is 14.4 Å². The molecular weight excluding hydrogens is 456 g/mol. The van der Waals surface area contributed by atoms with E-state index in [9.17, 15) is 13.2 Å². The Morgan fingerprint density at radius 2 is 1.68 bits per heavy atom. The lowest BCUT2D eigenvalue weighted by Gasteiger charge is -2.38. The van der Waals surface area contributed by atoms with Gasteiger partial charge in [-0.2, -0.15) is 4.31 Å². The Labute approximate surface area is 201 Å². The smallest absolute Gasteiger partial charge is 0.244 e. The fourth-order valence-corrected chi connectivity index (χ4v) is 5.84. The minimum atomic E-state index is -3.55. The van der Waals surface area contributed by atoms with Gasteiger partial charge in [0.15, 0.2) is 0 Å². The van der Waals surface area contributed by atoms with E-state index in [1.165, 1.54) is 10.5 Å². The van der Waals surface area contributed by atoms with E-state index >= 15 is 0 Å². The summed E-state index contributed by atoms with van der Waals surface area (Å²) in [6.07, 6.45) is 4.02. The fraction of sp³-hybridized carbons (Fsp3) is 0.500. The Kier molecular flexibility index (Phi) is 8.02. The number of piperidine rings is 1. The van der Waals surface area contributed by atoms with E-state index in [-0.39, 0.29) is 16.7 Å². The number of ether oxygens (including phenoxy) is 2. The molecule has 34 heavy (non-hydrogen) atoms. The number of pyridine rings is 1. The minimum absolute atomic E-state index is 0.120. The zero-order valence-corrected chi connectivity index (χ0v) is 20.3. The molecule has 2 fully saturated rings. The third-order valence-corrected chi connectivity index (χ3v) is 8.38. The molecule has 1 amide bonds. The molecule has 2 aromatic rings. The summed E-state index contributed by atoms with van der Waals surface area (Å²) in [5, 5.41) is 0. The quantitative estimate of drug-likeness (QED) is 0.559. The highest BCUT2D eigenvalue weighted by molar-refractivity contribution is 7.89. The van der Waals surface area contributed by atoms with Crippen molar-refractivity contribution in [2.24, 2.45) is 5.92 Å².